The smallest absolute Gasteiger partial charge is 0.221 e. The number of aromatic nitrogens is 4. The Balaban J connectivity index is 1.52. The topological polar surface area (TPSA) is 89.8 Å². The fourth-order valence-electron chi connectivity index (χ4n) is 3.08. The zero-order valence-electron chi connectivity index (χ0n) is 16.2. The number of carbonyl (C=O) groups excluding carboxylic acids is 2. The second-order valence-corrected chi connectivity index (χ2v) is 8.33. The van der Waals surface area contributed by atoms with Gasteiger partial charge in [0.1, 0.15) is 0 Å². The molecule has 1 amide bonds. The van der Waals surface area contributed by atoms with Crippen LogP contribution in [0.3, 0.4) is 0 Å². The van der Waals surface area contributed by atoms with Gasteiger partial charge in [-0.3, -0.25) is 19.1 Å². The first-order valence-electron chi connectivity index (χ1n) is 9.47. The molecule has 1 atom stereocenters. The third-order valence-corrected chi connectivity index (χ3v) is 5.71. The van der Waals surface area contributed by atoms with E-state index >= 15 is 0 Å². The second-order valence-electron chi connectivity index (χ2n) is 7.03. The summed E-state index contributed by atoms with van der Waals surface area (Å²) in [6.45, 7) is 3.33. The van der Waals surface area contributed by atoms with Gasteiger partial charge in [0.15, 0.2) is 16.8 Å². The molecule has 1 fully saturated rings. The molecule has 0 aliphatic heterocycles. The Morgan fingerprint density at radius 3 is 2.41 bits per heavy atom. The minimum absolute atomic E-state index is 0.0141. The van der Waals surface area contributed by atoms with Crippen molar-refractivity contribution in [1.82, 2.24) is 19.7 Å². The summed E-state index contributed by atoms with van der Waals surface area (Å²) < 4.78 is 2.14. The normalized spacial score (nSPS) is 14.4. The van der Waals surface area contributed by atoms with Crippen LogP contribution in [0.2, 0.25) is 0 Å². The summed E-state index contributed by atoms with van der Waals surface area (Å²) in [6, 6.07) is 11.2. The van der Waals surface area contributed by atoms with Crippen molar-refractivity contribution in [3.8, 4) is 11.4 Å². The third kappa shape index (κ3) is 4.37. The molecule has 2 heterocycles. The molecule has 1 aliphatic carbocycles. The Kier molecular flexibility index (Phi) is 5.44. The van der Waals surface area contributed by atoms with E-state index in [-0.39, 0.29) is 16.9 Å². The Hall–Kier alpha value is -3.00. The maximum atomic E-state index is 12.9. The molecule has 0 radical (unpaired) electrons. The van der Waals surface area contributed by atoms with Crippen molar-refractivity contribution in [2.24, 2.45) is 0 Å². The Bertz CT molecular complexity index is 1030. The van der Waals surface area contributed by atoms with E-state index in [0.29, 0.717) is 17.3 Å². The van der Waals surface area contributed by atoms with Crippen LogP contribution in [0.1, 0.15) is 43.1 Å². The average molecular weight is 407 g/mol. The SMILES string of the molecule is CC(=O)Nc1ccc(C(=O)C(C)Sc2nnc(-c3ccncc3)n2C2CC2)cc1. The number of hydrogen-bond donors (Lipinski definition) is 1. The first kappa shape index (κ1) is 19.3. The Labute approximate surface area is 173 Å². The van der Waals surface area contributed by atoms with E-state index in [1.54, 1.807) is 36.7 Å². The summed E-state index contributed by atoms with van der Waals surface area (Å²) in [5, 5.41) is 11.9. The lowest BCUT2D eigenvalue weighted by molar-refractivity contribution is -0.114. The molecule has 8 heteroatoms. The van der Waals surface area contributed by atoms with Crippen molar-refractivity contribution in [2.75, 3.05) is 5.32 Å². The molecule has 1 aromatic carbocycles. The van der Waals surface area contributed by atoms with Crippen LogP contribution in [-0.4, -0.2) is 36.7 Å². The lowest BCUT2D eigenvalue weighted by Gasteiger charge is -2.13. The third-order valence-electron chi connectivity index (χ3n) is 4.66. The van der Waals surface area contributed by atoms with Gasteiger partial charge in [-0.25, -0.2) is 0 Å². The molecule has 3 aromatic rings. The van der Waals surface area contributed by atoms with Crippen molar-refractivity contribution < 1.29 is 9.59 Å². The van der Waals surface area contributed by atoms with Crippen LogP contribution in [-0.2, 0) is 4.79 Å². The van der Waals surface area contributed by atoms with E-state index in [0.717, 1.165) is 29.4 Å². The minimum Gasteiger partial charge on any atom is -0.326 e. The number of amides is 1. The van der Waals surface area contributed by atoms with E-state index in [1.807, 2.05) is 19.1 Å². The average Bonchev–Trinajstić information content (AvgIpc) is 3.48. The lowest BCUT2D eigenvalue weighted by Crippen LogP contribution is -2.15. The molecule has 7 nitrogen and oxygen atoms in total. The van der Waals surface area contributed by atoms with Gasteiger partial charge in [-0.1, -0.05) is 11.8 Å². The highest BCUT2D eigenvalue weighted by Crippen LogP contribution is 2.41. The van der Waals surface area contributed by atoms with E-state index in [4.69, 9.17) is 0 Å². The summed E-state index contributed by atoms with van der Waals surface area (Å²) in [5.74, 6) is 0.689. The number of hydrogen-bond acceptors (Lipinski definition) is 6. The molecule has 0 spiro atoms. The summed E-state index contributed by atoms with van der Waals surface area (Å²) in [5.41, 5.74) is 2.24. The molecule has 148 valence electrons. The van der Waals surface area contributed by atoms with Crippen molar-refractivity contribution in [3.63, 3.8) is 0 Å². The molecule has 1 aliphatic rings. The monoisotopic (exact) mass is 407 g/mol. The fourth-order valence-corrected chi connectivity index (χ4v) is 4.08. The van der Waals surface area contributed by atoms with E-state index in [1.165, 1.54) is 18.7 Å². The standard InChI is InChI=1S/C21H21N5O2S/c1-13(19(28)15-3-5-17(6-4-15)23-14(2)27)29-21-25-24-20(26(21)18-7-8-18)16-9-11-22-12-10-16/h3-6,9-13,18H,7-8H2,1-2H3,(H,23,27). The quantitative estimate of drug-likeness (QED) is 0.470. The van der Waals surface area contributed by atoms with Crippen molar-refractivity contribution in [2.45, 2.75) is 43.1 Å². The molecular formula is C21H21N5O2S. The van der Waals surface area contributed by atoms with Gasteiger partial charge < -0.3 is 5.32 Å². The minimum atomic E-state index is -0.311. The highest BCUT2D eigenvalue weighted by Gasteiger charge is 2.31. The van der Waals surface area contributed by atoms with Gasteiger partial charge in [-0.15, -0.1) is 10.2 Å². The largest absolute Gasteiger partial charge is 0.326 e. The molecule has 0 bridgehead atoms. The summed E-state index contributed by atoms with van der Waals surface area (Å²) >= 11 is 1.43. The highest BCUT2D eigenvalue weighted by molar-refractivity contribution is 8.00. The van der Waals surface area contributed by atoms with Crippen molar-refractivity contribution in [3.05, 3.63) is 54.4 Å². The number of Topliss-reactive ketones (excluding diaryl/α,β-unsaturated/α-hetero) is 1. The van der Waals surface area contributed by atoms with Gasteiger partial charge in [-0.2, -0.15) is 0 Å². The fraction of sp³-hybridized carbons (Fsp3) is 0.286. The van der Waals surface area contributed by atoms with E-state index in [9.17, 15) is 9.59 Å². The zero-order valence-corrected chi connectivity index (χ0v) is 17.0. The van der Waals surface area contributed by atoms with Gasteiger partial charge >= 0.3 is 0 Å². The predicted molar refractivity (Wildman–Crippen MR) is 112 cm³/mol. The summed E-state index contributed by atoms with van der Waals surface area (Å²) in [7, 11) is 0. The van der Waals surface area contributed by atoms with Crippen LogP contribution in [0.4, 0.5) is 5.69 Å². The molecule has 1 saturated carbocycles. The first-order valence-corrected chi connectivity index (χ1v) is 10.3. The number of rotatable bonds is 7. The number of pyridine rings is 1. The molecule has 1 unspecified atom stereocenters. The van der Waals surface area contributed by atoms with Gasteiger partial charge in [0.05, 0.1) is 5.25 Å². The van der Waals surface area contributed by atoms with Crippen LogP contribution in [0.25, 0.3) is 11.4 Å². The van der Waals surface area contributed by atoms with Crippen LogP contribution < -0.4 is 5.32 Å². The molecule has 2 aromatic heterocycles. The van der Waals surface area contributed by atoms with E-state index < -0.39 is 0 Å². The van der Waals surface area contributed by atoms with Crippen LogP contribution in [0.15, 0.2) is 53.9 Å². The van der Waals surface area contributed by atoms with Gasteiger partial charge in [-0.05, 0) is 56.2 Å². The molecule has 29 heavy (non-hydrogen) atoms. The number of anilines is 1. The molecular weight excluding hydrogens is 386 g/mol. The Morgan fingerprint density at radius 2 is 1.79 bits per heavy atom. The first-order chi connectivity index (χ1) is 14.0. The van der Waals surface area contributed by atoms with E-state index in [2.05, 4.69) is 25.1 Å². The zero-order chi connectivity index (χ0) is 20.4. The Morgan fingerprint density at radius 1 is 1.10 bits per heavy atom. The van der Waals surface area contributed by atoms with Crippen LogP contribution in [0.5, 0.6) is 0 Å². The number of ketones is 1. The summed E-state index contributed by atoms with van der Waals surface area (Å²) in [4.78, 5) is 28.1. The second kappa shape index (κ2) is 8.16. The van der Waals surface area contributed by atoms with Crippen LogP contribution >= 0.6 is 11.8 Å². The predicted octanol–water partition coefficient (Wildman–Crippen LogP) is 4.00. The number of nitrogens with zero attached hydrogens (tertiary/aromatic N) is 4. The maximum Gasteiger partial charge on any atom is 0.221 e. The van der Waals surface area contributed by atoms with Gasteiger partial charge in [0.2, 0.25) is 5.91 Å². The maximum absolute atomic E-state index is 12.9. The summed E-state index contributed by atoms with van der Waals surface area (Å²) in [6.07, 6.45) is 5.67. The van der Waals surface area contributed by atoms with Crippen molar-refractivity contribution in [1.29, 1.82) is 0 Å². The number of thioether (sulfide) groups is 1. The van der Waals surface area contributed by atoms with Crippen LogP contribution in [0, 0.1) is 0 Å². The van der Waals surface area contributed by atoms with Crippen molar-refractivity contribution >= 4 is 29.1 Å². The highest BCUT2D eigenvalue weighted by atomic mass is 32.2. The molecule has 4 rings (SSSR count). The molecule has 0 saturated heterocycles. The molecule has 1 N–H and O–H groups in total. The number of nitrogens with one attached hydrogen (secondary N) is 1. The lowest BCUT2D eigenvalue weighted by atomic mass is 10.1. The van der Waals surface area contributed by atoms with Gasteiger partial charge in [0.25, 0.3) is 0 Å². The number of benzene rings is 1. The number of carbonyl (C=O) groups is 2. The van der Waals surface area contributed by atoms with Gasteiger partial charge in [0, 0.05) is 42.2 Å².